The van der Waals surface area contributed by atoms with Gasteiger partial charge >= 0.3 is 0 Å². The number of hydrogen-bond acceptors (Lipinski definition) is 2. The van der Waals surface area contributed by atoms with Crippen molar-refractivity contribution in [3.63, 3.8) is 0 Å². The molecule has 0 aliphatic heterocycles. The molecule has 0 N–H and O–H groups in total. The predicted molar refractivity (Wildman–Crippen MR) is 185 cm³/mol. The Morgan fingerprint density at radius 3 is 0.818 bits per heavy atom. The van der Waals surface area contributed by atoms with Gasteiger partial charge in [-0.2, -0.15) is 0 Å². The Balaban J connectivity index is 1.66. The third-order valence-electron chi connectivity index (χ3n) is 9.52. The minimum atomic E-state index is -0.532. The van der Waals surface area contributed by atoms with Crippen LogP contribution >= 0.6 is 0 Å². The van der Waals surface area contributed by atoms with E-state index in [1.807, 2.05) is 0 Å². The molecule has 1 aliphatic carbocycles. The number of rotatable bonds is 6. The van der Waals surface area contributed by atoms with Gasteiger partial charge in [0.25, 0.3) is 0 Å². The maximum absolute atomic E-state index is 2.37. The maximum atomic E-state index is 2.37. The van der Waals surface area contributed by atoms with Crippen molar-refractivity contribution < 1.29 is 0 Å². The van der Waals surface area contributed by atoms with Gasteiger partial charge in [-0.15, -0.1) is 0 Å². The SMILES string of the molecule is CN(C)c1ccc(C2(c3ccc(N(C)C)cc3)c3ccccc3C(c3ccccc3)(c3ccccc3)c3ccccc32)cc1. The van der Waals surface area contributed by atoms with Gasteiger partial charge in [0.15, 0.2) is 0 Å². The summed E-state index contributed by atoms with van der Waals surface area (Å²) in [5.74, 6) is 0. The predicted octanol–water partition coefficient (Wildman–Crippen LogP) is 8.90. The quantitative estimate of drug-likeness (QED) is 0.197. The molecule has 0 radical (unpaired) electrons. The van der Waals surface area contributed by atoms with Crippen LogP contribution in [0.5, 0.6) is 0 Å². The Kier molecular flexibility index (Phi) is 6.86. The van der Waals surface area contributed by atoms with E-state index in [0.717, 1.165) is 0 Å². The molecule has 0 atom stereocenters. The highest BCUT2D eigenvalue weighted by Crippen LogP contribution is 2.60. The first kappa shape index (κ1) is 27.7. The molecule has 7 rings (SSSR count). The van der Waals surface area contributed by atoms with Crippen LogP contribution in [0.3, 0.4) is 0 Å². The molecule has 2 heteroatoms. The minimum Gasteiger partial charge on any atom is -0.378 e. The third-order valence-corrected chi connectivity index (χ3v) is 9.52. The van der Waals surface area contributed by atoms with Crippen LogP contribution in [0.4, 0.5) is 11.4 Å². The minimum absolute atomic E-state index is 0.494. The molecule has 0 heterocycles. The maximum Gasteiger partial charge on any atom is 0.0708 e. The van der Waals surface area contributed by atoms with Crippen molar-refractivity contribution >= 4 is 11.4 Å². The topological polar surface area (TPSA) is 6.48 Å². The van der Waals surface area contributed by atoms with E-state index in [1.54, 1.807) is 0 Å². The number of hydrogen-bond donors (Lipinski definition) is 0. The Morgan fingerprint density at radius 2 is 0.545 bits per heavy atom. The van der Waals surface area contributed by atoms with Gasteiger partial charge in [-0.3, -0.25) is 0 Å². The van der Waals surface area contributed by atoms with Crippen LogP contribution in [0.1, 0.15) is 44.5 Å². The zero-order valence-electron chi connectivity index (χ0n) is 25.9. The first-order valence-corrected chi connectivity index (χ1v) is 15.4. The number of fused-ring (bicyclic) bond motifs is 2. The number of nitrogens with zero attached hydrogens (tertiary/aromatic N) is 2. The summed E-state index contributed by atoms with van der Waals surface area (Å²) in [7, 11) is 8.40. The molecule has 0 amide bonds. The van der Waals surface area contributed by atoms with E-state index >= 15 is 0 Å². The molecule has 0 saturated carbocycles. The first-order valence-electron chi connectivity index (χ1n) is 15.4. The van der Waals surface area contributed by atoms with Crippen molar-refractivity contribution in [2.75, 3.05) is 38.0 Å². The van der Waals surface area contributed by atoms with Crippen molar-refractivity contribution in [2.24, 2.45) is 0 Å². The van der Waals surface area contributed by atoms with E-state index in [-0.39, 0.29) is 0 Å². The van der Waals surface area contributed by atoms with Crippen molar-refractivity contribution in [1.29, 1.82) is 0 Å². The molecule has 0 fully saturated rings. The van der Waals surface area contributed by atoms with E-state index in [9.17, 15) is 0 Å². The summed E-state index contributed by atoms with van der Waals surface area (Å²) < 4.78 is 0. The van der Waals surface area contributed by atoms with Gasteiger partial charge in [0.2, 0.25) is 0 Å². The molecule has 0 bridgehead atoms. The van der Waals surface area contributed by atoms with Crippen LogP contribution in [0.25, 0.3) is 0 Å². The third kappa shape index (κ3) is 4.02. The molecule has 2 nitrogen and oxygen atoms in total. The van der Waals surface area contributed by atoms with Crippen molar-refractivity contribution in [2.45, 2.75) is 10.8 Å². The fraction of sp³-hybridized carbons (Fsp3) is 0.143. The summed E-state index contributed by atoms with van der Waals surface area (Å²) in [6.45, 7) is 0. The number of benzene rings is 6. The van der Waals surface area contributed by atoms with Gasteiger partial charge in [0.05, 0.1) is 10.8 Å². The molecule has 0 saturated heterocycles. The van der Waals surface area contributed by atoms with Gasteiger partial charge in [-0.25, -0.2) is 0 Å². The standard InChI is InChI=1S/C42H38N2/c1-43(2)35-27-23-33(24-28-35)42(34-25-29-36(30-26-34)44(3)4)39-21-13-11-19-37(39)41(31-15-7-5-8-16-31,32-17-9-6-10-18-32)38-20-12-14-22-40(38)42/h5-30H,1-4H3. The molecule has 216 valence electrons. The second-order valence-electron chi connectivity index (χ2n) is 12.2. The summed E-state index contributed by atoms with van der Waals surface area (Å²) in [4.78, 5) is 4.34. The molecular weight excluding hydrogens is 532 g/mol. The Bertz CT molecular complexity index is 1740. The number of anilines is 2. The lowest BCUT2D eigenvalue weighted by molar-refractivity contribution is 0.615. The highest BCUT2D eigenvalue weighted by Gasteiger charge is 2.53. The lowest BCUT2D eigenvalue weighted by atomic mass is 9.50. The average molecular weight is 571 g/mol. The fourth-order valence-electron chi connectivity index (χ4n) is 7.54. The first-order chi connectivity index (χ1) is 21.5. The van der Waals surface area contributed by atoms with E-state index < -0.39 is 10.8 Å². The van der Waals surface area contributed by atoms with Crippen molar-refractivity contribution in [3.05, 3.63) is 202 Å². The summed E-state index contributed by atoms with van der Waals surface area (Å²) in [5.41, 5.74) is 11.6. The Hall–Kier alpha value is -5.08. The summed E-state index contributed by atoms with van der Waals surface area (Å²) in [6, 6.07) is 58.8. The zero-order valence-corrected chi connectivity index (χ0v) is 25.9. The van der Waals surface area contributed by atoms with Crippen LogP contribution in [0.15, 0.2) is 158 Å². The second-order valence-corrected chi connectivity index (χ2v) is 12.2. The second kappa shape index (κ2) is 10.9. The smallest absolute Gasteiger partial charge is 0.0708 e. The molecule has 6 aromatic carbocycles. The molecule has 0 spiro atoms. The van der Waals surface area contributed by atoms with Crippen LogP contribution in [-0.4, -0.2) is 28.2 Å². The fourth-order valence-corrected chi connectivity index (χ4v) is 7.54. The normalized spacial score (nSPS) is 14.3. The van der Waals surface area contributed by atoms with Gasteiger partial charge in [0, 0.05) is 39.6 Å². The zero-order chi connectivity index (χ0) is 30.3. The summed E-state index contributed by atoms with van der Waals surface area (Å²) in [5, 5.41) is 0. The van der Waals surface area contributed by atoms with Gasteiger partial charge in [0.1, 0.15) is 0 Å². The molecular formula is C42H38N2. The largest absolute Gasteiger partial charge is 0.378 e. The lowest BCUT2D eigenvalue weighted by Crippen LogP contribution is -2.45. The van der Waals surface area contributed by atoms with Crippen molar-refractivity contribution in [3.8, 4) is 0 Å². The van der Waals surface area contributed by atoms with Crippen molar-refractivity contribution in [1.82, 2.24) is 0 Å². The summed E-state index contributed by atoms with van der Waals surface area (Å²) in [6.07, 6.45) is 0. The molecule has 44 heavy (non-hydrogen) atoms. The van der Waals surface area contributed by atoms with Crippen LogP contribution in [-0.2, 0) is 10.8 Å². The van der Waals surface area contributed by atoms with Crippen LogP contribution < -0.4 is 9.80 Å². The molecule has 6 aromatic rings. The van der Waals surface area contributed by atoms with Gasteiger partial charge < -0.3 is 9.80 Å². The highest BCUT2D eigenvalue weighted by atomic mass is 15.1. The highest BCUT2D eigenvalue weighted by molar-refractivity contribution is 5.76. The lowest BCUT2D eigenvalue weighted by Gasteiger charge is -2.51. The summed E-state index contributed by atoms with van der Waals surface area (Å²) >= 11 is 0. The monoisotopic (exact) mass is 570 g/mol. The van der Waals surface area contributed by atoms with E-state index in [4.69, 9.17) is 0 Å². The van der Waals surface area contributed by atoms with Gasteiger partial charge in [-0.05, 0) is 68.8 Å². The van der Waals surface area contributed by atoms with E-state index in [0.29, 0.717) is 0 Å². The van der Waals surface area contributed by atoms with E-state index in [2.05, 4.69) is 196 Å². The van der Waals surface area contributed by atoms with Crippen LogP contribution in [0.2, 0.25) is 0 Å². The van der Waals surface area contributed by atoms with Crippen LogP contribution in [0, 0.1) is 0 Å². The molecule has 0 aromatic heterocycles. The average Bonchev–Trinajstić information content (AvgIpc) is 3.08. The van der Waals surface area contributed by atoms with Gasteiger partial charge in [-0.1, -0.05) is 133 Å². The molecule has 1 aliphatic rings. The molecule has 0 unspecified atom stereocenters. The van der Waals surface area contributed by atoms with E-state index in [1.165, 1.54) is 55.9 Å². The Morgan fingerprint density at radius 1 is 0.295 bits per heavy atom. The Labute approximate surface area is 261 Å².